The predicted molar refractivity (Wildman–Crippen MR) is 186 cm³/mol. The summed E-state index contributed by atoms with van der Waals surface area (Å²) in [5.41, 5.74) is 4.22. The number of aryl methyl sites for hydroxylation is 3. The minimum Gasteiger partial charge on any atom is -0.354 e. The maximum atomic E-state index is 14.6. The molecule has 46 heavy (non-hydrogen) atoms. The number of carbonyl (C=O) groups excluding carboxylic acids is 2. The highest BCUT2D eigenvalue weighted by atomic mass is 35.5. The highest BCUT2D eigenvalue weighted by molar-refractivity contribution is 7.92. The van der Waals surface area contributed by atoms with E-state index in [9.17, 15) is 18.0 Å². The zero-order valence-corrected chi connectivity index (χ0v) is 28.8. The molecule has 7 nitrogen and oxygen atoms in total. The fourth-order valence-corrected chi connectivity index (χ4v) is 7.15. The summed E-state index contributed by atoms with van der Waals surface area (Å²) in [6.45, 7) is 7.29. The van der Waals surface area contributed by atoms with Crippen LogP contribution in [-0.2, 0) is 32.6 Å². The normalized spacial score (nSPS) is 12.0. The number of anilines is 1. The lowest BCUT2D eigenvalue weighted by molar-refractivity contribution is -0.140. The van der Waals surface area contributed by atoms with Crippen molar-refractivity contribution in [1.82, 2.24) is 10.2 Å². The molecule has 0 aliphatic carbocycles. The average molecular weight is 681 g/mol. The van der Waals surface area contributed by atoms with E-state index in [4.69, 9.17) is 23.2 Å². The summed E-state index contributed by atoms with van der Waals surface area (Å²) in [6, 6.07) is 25.3. The Bertz CT molecular complexity index is 1740. The van der Waals surface area contributed by atoms with E-state index in [2.05, 4.69) is 5.32 Å². The van der Waals surface area contributed by atoms with Gasteiger partial charge in [0, 0.05) is 35.1 Å². The van der Waals surface area contributed by atoms with Crippen molar-refractivity contribution >= 4 is 50.7 Å². The lowest BCUT2D eigenvalue weighted by Gasteiger charge is -2.34. The van der Waals surface area contributed by atoms with Gasteiger partial charge in [0.25, 0.3) is 10.0 Å². The number of sulfonamides is 1. The van der Waals surface area contributed by atoms with Crippen LogP contribution >= 0.6 is 23.2 Å². The fourth-order valence-electron chi connectivity index (χ4n) is 5.23. The molecule has 0 saturated heterocycles. The second kappa shape index (κ2) is 15.6. The number of rotatable bonds is 13. The molecule has 0 aliphatic heterocycles. The summed E-state index contributed by atoms with van der Waals surface area (Å²) >= 11 is 13.2. The maximum Gasteiger partial charge on any atom is 0.264 e. The summed E-state index contributed by atoms with van der Waals surface area (Å²) < 4.78 is 29.6. The quantitative estimate of drug-likeness (QED) is 0.161. The highest BCUT2D eigenvalue weighted by Crippen LogP contribution is 2.30. The van der Waals surface area contributed by atoms with E-state index in [1.807, 2.05) is 64.1 Å². The van der Waals surface area contributed by atoms with Crippen molar-refractivity contribution < 1.29 is 18.0 Å². The maximum absolute atomic E-state index is 14.6. The number of hydrogen-bond acceptors (Lipinski definition) is 4. The molecule has 0 bridgehead atoms. The van der Waals surface area contributed by atoms with Crippen LogP contribution in [0.1, 0.15) is 41.2 Å². The summed E-state index contributed by atoms with van der Waals surface area (Å²) in [5.74, 6) is -0.944. The third-order valence-electron chi connectivity index (χ3n) is 7.59. The first-order valence-electron chi connectivity index (χ1n) is 15.1. The van der Waals surface area contributed by atoms with Crippen LogP contribution in [0.3, 0.4) is 0 Å². The number of carbonyl (C=O) groups is 2. The second-order valence-corrected chi connectivity index (χ2v) is 14.1. The van der Waals surface area contributed by atoms with E-state index in [0.717, 1.165) is 26.6 Å². The Morgan fingerprint density at radius 1 is 0.804 bits per heavy atom. The number of hydrogen-bond donors (Lipinski definition) is 1. The largest absolute Gasteiger partial charge is 0.354 e. The van der Waals surface area contributed by atoms with Crippen molar-refractivity contribution in [2.24, 2.45) is 0 Å². The van der Waals surface area contributed by atoms with Crippen LogP contribution in [0.2, 0.25) is 10.0 Å². The van der Waals surface area contributed by atoms with Gasteiger partial charge in [0.15, 0.2) is 0 Å². The lowest BCUT2D eigenvalue weighted by atomic mass is 10.0. The molecule has 0 aliphatic rings. The first-order chi connectivity index (χ1) is 21.9. The summed E-state index contributed by atoms with van der Waals surface area (Å²) in [4.78, 5) is 29.9. The van der Waals surface area contributed by atoms with Crippen LogP contribution in [0, 0.1) is 20.8 Å². The van der Waals surface area contributed by atoms with Gasteiger partial charge < -0.3 is 10.2 Å². The van der Waals surface area contributed by atoms with Gasteiger partial charge >= 0.3 is 0 Å². The lowest BCUT2D eigenvalue weighted by Crippen LogP contribution is -2.53. The van der Waals surface area contributed by atoms with Gasteiger partial charge in [-0.05, 0) is 80.3 Å². The van der Waals surface area contributed by atoms with Crippen LogP contribution in [0.15, 0.2) is 95.9 Å². The standard InChI is InChI=1S/C36H39Cl2N3O4S/c1-5-18-39-36(43)34(22-28-10-7-6-8-11-28)40(23-31-32(37)12-9-13-33(31)38)35(42)24-41(29-20-26(3)19-27(4)21-29)46(44,45)30-16-14-25(2)15-17-30/h6-17,19-21,34H,5,18,22-24H2,1-4H3,(H,39,43). The number of nitrogens with zero attached hydrogens (tertiary/aromatic N) is 2. The third-order valence-corrected chi connectivity index (χ3v) is 10.1. The molecule has 0 saturated carbocycles. The minimum absolute atomic E-state index is 0.0484. The van der Waals surface area contributed by atoms with E-state index in [-0.39, 0.29) is 23.8 Å². The van der Waals surface area contributed by atoms with Gasteiger partial charge in [0.2, 0.25) is 11.8 Å². The summed E-state index contributed by atoms with van der Waals surface area (Å²) in [5, 5.41) is 3.59. The van der Waals surface area contributed by atoms with Gasteiger partial charge in [-0.15, -0.1) is 0 Å². The molecule has 4 aromatic carbocycles. The SMILES string of the molecule is CCCNC(=O)C(Cc1ccccc1)N(Cc1c(Cl)cccc1Cl)C(=O)CN(c1cc(C)cc(C)c1)S(=O)(=O)c1ccc(C)cc1. The third kappa shape index (κ3) is 8.69. The second-order valence-electron chi connectivity index (χ2n) is 11.4. The average Bonchev–Trinajstić information content (AvgIpc) is 3.01. The molecule has 0 heterocycles. The van der Waals surface area contributed by atoms with Crippen molar-refractivity contribution in [2.75, 3.05) is 17.4 Å². The molecule has 4 aromatic rings. The van der Waals surface area contributed by atoms with Crippen molar-refractivity contribution in [3.63, 3.8) is 0 Å². The molecular formula is C36H39Cl2N3O4S. The molecule has 0 aromatic heterocycles. The topological polar surface area (TPSA) is 86.8 Å². The van der Waals surface area contributed by atoms with Gasteiger partial charge in [-0.25, -0.2) is 8.42 Å². The van der Waals surface area contributed by atoms with E-state index in [0.29, 0.717) is 34.3 Å². The van der Waals surface area contributed by atoms with Crippen molar-refractivity contribution in [1.29, 1.82) is 0 Å². The first kappa shape index (κ1) is 35.0. The monoisotopic (exact) mass is 679 g/mol. The smallest absolute Gasteiger partial charge is 0.264 e. The first-order valence-corrected chi connectivity index (χ1v) is 17.3. The molecule has 0 spiro atoms. The van der Waals surface area contributed by atoms with E-state index < -0.39 is 28.5 Å². The highest BCUT2D eigenvalue weighted by Gasteiger charge is 2.35. The molecule has 1 unspecified atom stereocenters. The van der Waals surface area contributed by atoms with E-state index >= 15 is 0 Å². The Kier molecular flexibility index (Phi) is 11.9. The molecule has 1 N–H and O–H groups in total. The predicted octanol–water partition coefficient (Wildman–Crippen LogP) is 7.28. The molecule has 2 amide bonds. The van der Waals surface area contributed by atoms with Crippen LogP contribution < -0.4 is 9.62 Å². The van der Waals surface area contributed by atoms with Gasteiger partial charge in [0.1, 0.15) is 12.6 Å². The van der Waals surface area contributed by atoms with Crippen molar-refractivity contribution in [2.45, 2.75) is 58.0 Å². The molecule has 242 valence electrons. The Hall–Kier alpha value is -3.85. The zero-order chi connectivity index (χ0) is 33.4. The van der Waals surface area contributed by atoms with E-state index in [1.165, 1.54) is 17.0 Å². The van der Waals surface area contributed by atoms with E-state index in [1.54, 1.807) is 42.5 Å². The van der Waals surface area contributed by atoms with Crippen molar-refractivity contribution in [3.05, 3.63) is 129 Å². The Morgan fingerprint density at radius 3 is 2.00 bits per heavy atom. The van der Waals surface area contributed by atoms with Crippen LogP contribution in [0.25, 0.3) is 0 Å². The van der Waals surface area contributed by atoms with Crippen LogP contribution in [0.4, 0.5) is 5.69 Å². The number of benzene rings is 4. The number of nitrogens with one attached hydrogen (secondary N) is 1. The van der Waals surface area contributed by atoms with Gasteiger partial charge in [-0.1, -0.05) is 90.3 Å². The van der Waals surface area contributed by atoms with Crippen LogP contribution in [0.5, 0.6) is 0 Å². The van der Waals surface area contributed by atoms with Crippen molar-refractivity contribution in [3.8, 4) is 0 Å². The Labute approximate surface area is 282 Å². The fraction of sp³-hybridized carbons (Fsp3) is 0.278. The number of halogens is 2. The number of amides is 2. The summed E-state index contributed by atoms with van der Waals surface area (Å²) in [6.07, 6.45) is 0.891. The minimum atomic E-state index is -4.21. The Morgan fingerprint density at radius 2 is 1.41 bits per heavy atom. The zero-order valence-electron chi connectivity index (χ0n) is 26.5. The molecule has 4 rings (SSSR count). The summed E-state index contributed by atoms with van der Waals surface area (Å²) in [7, 11) is -4.21. The van der Waals surface area contributed by atoms with Crippen LogP contribution in [-0.4, -0.2) is 44.3 Å². The molecule has 0 fully saturated rings. The van der Waals surface area contributed by atoms with Gasteiger partial charge in [-0.3, -0.25) is 13.9 Å². The molecule has 1 atom stereocenters. The molecule has 0 radical (unpaired) electrons. The molecule has 10 heteroatoms. The Balaban J connectivity index is 1.85. The van der Waals surface area contributed by atoms with Gasteiger partial charge in [-0.2, -0.15) is 0 Å². The molecular weight excluding hydrogens is 641 g/mol. The van der Waals surface area contributed by atoms with Gasteiger partial charge in [0.05, 0.1) is 10.6 Å².